The van der Waals surface area contributed by atoms with Gasteiger partial charge < -0.3 is 5.32 Å². The highest BCUT2D eigenvalue weighted by atomic mass is 19.1. The fraction of sp³-hybridized carbons (Fsp3) is 0.400. The van der Waals surface area contributed by atoms with Gasteiger partial charge in [-0.05, 0) is 66.8 Å². The number of fused-ring (bicyclic) bond motifs is 3. The number of hydrogen-bond donors (Lipinski definition) is 1. The van der Waals surface area contributed by atoms with Crippen molar-refractivity contribution in [3.05, 3.63) is 59.4 Å². The molecule has 2 bridgehead atoms. The summed E-state index contributed by atoms with van der Waals surface area (Å²) in [4.78, 5) is 12.8. The Bertz CT molecular complexity index is 1010. The number of Topliss-reactive ketones (excluding diaryl/α,β-unsaturated/α-hetero) is 1. The molecule has 5 rings (SSSR count). The molecule has 1 aliphatic carbocycles. The van der Waals surface area contributed by atoms with Crippen molar-refractivity contribution in [3.8, 4) is 23.3 Å². The summed E-state index contributed by atoms with van der Waals surface area (Å²) in [6.07, 6.45) is 5.34. The Morgan fingerprint density at radius 2 is 1.77 bits per heavy atom. The standard InChI is InChI=1S/C25H24FN3O/c26-23-13-20(5-6-21(23)15-28)18-3-1-16(2-4-18)11-17(14-27)12-24(30)25-19-7-9-22(29-25)10-8-19/h1-6,13,17,19,22,25,29H,7-12H2/t17-,19?,22?,25+/m1/s1. The summed E-state index contributed by atoms with van der Waals surface area (Å²) in [5, 5.41) is 21.9. The highest BCUT2D eigenvalue weighted by Crippen LogP contribution is 2.34. The number of rotatable bonds is 6. The largest absolute Gasteiger partial charge is 0.304 e. The first-order valence-corrected chi connectivity index (χ1v) is 10.5. The lowest BCUT2D eigenvalue weighted by Gasteiger charge is -2.43. The SMILES string of the molecule is N#Cc1ccc(-c2ccc(C[C@@H](C#N)CC(=O)[C@H]3NC4CCC3CC4)cc2)cc1F. The zero-order chi connectivity index (χ0) is 21.1. The Balaban J connectivity index is 1.39. The molecule has 0 unspecified atom stereocenters. The van der Waals surface area contributed by atoms with E-state index in [0.29, 0.717) is 23.9 Å². The number of hydrogen-bond acceptors (Lipinski definition) is 4. The maximum atomic E-state index is 13.9. The summed E-state index contributed by atoms with van der Waals surface area (Å²) in [5.41, 5.74) is 2.54. The van der Waals surface area contributed by atoms with E-state index in [4.69, 9.17) is 5.26 Å². The minimum Gasteiger partial charge on any atom is -0.304 e. The van der Waals surface area contributed by atoms with Crippen LogP contribution in [-0.2, 0) is 11.2 Å². The van der Waals surface area contributed by atoms with Crippen LogP contribution in [0.3, 0.4) is 0 Å². The van der Waals surface area contributed by atoms with Gasteiger partial charge in [-0.25, -0.2) is 4.39 Å². The van der Waals surface area contributed by atoms with E-state index in [-0.39, 0.29) is 29.7 Å². The number of ketones is 1. The first kappa shape index (κ1) is 20.3. The van der Waals surface area contributed by atoms with Gasteiger partial charge in [-0.1, -0.05) is 30.3 Å². The summed E-state index contributed by atoms with van der Waals surface area (Å²) < 4.78 is 13.9. The van der Waals surface area contributed by atoms with Gasteiger partial charge in [-0.3, -0.25) is 4.79 Å². The maximum Gasteiger partial charge on any atom is 0.151 e. The van der Waals surface area contributed by atoms with Crippen LogP contribution in [0.15, 0.2) is 42.5 Å². The van der Waals surface area contributed by atoms with Gasteiger partial charge >= 0.3 is 0 Å². The van der Waals surface area contributed by atoms with Crippen molar-refractivity contribution in [1.29, 1.82) is 10.5 Å². The predicted octanol–water partition coefficient (Wildman–Crippen LogP) is 4.54. The van der Waals surface area contributed by atoms with Gasteiger partial charge in [-0.15, -0.1) is 0 Å². The number of nitriles is 2. The third-order valence-electron chi connectivity index (χ3n) is 6.49. The Hall–Kier alpha value is -3.02. The summed E-state index contributed by atoms with van der Waals surface area (Å²) in [5.74, 6) is -0.292. The second-order valence-corrected chi connectivity index (χ2v) is 8.46. The molecule has 2 atom stereocenters. The fourth-order valence-corrected chi connectivity index (χ4v) is 4.80. The van der Waals surface area contributed by atoms with E-state index in [1.807, 2.05) is 30.3 Å². The molecular formula is C25H24FN3O. The Labute approximate surface area is 176 Å². The summed E-state index contributed by atoms with van der Waals surface area (Å²) in [6, 6.07) is 16.7. The molecule has 2 aromatic carbocycles. The zero-order valence-corrected chi connectivity index (χ0v) is 16.8. The Kier molecular flexibility index (Phi) is 5.93. The number of carbonyl (C=O) groups is 1. The van der Waals surface area contributed by atoms with Crippen LogP contribution in [-0.4, -0.2) is 17.9 Å². The number of piperidine rings is 2. The number of nitrogens with zero attached hydrogens (tertiary/aromatic N) is 2. The van der Waals surface area contributed by atoms with Gasteiger partial charge in [0.2, 0.25) is 0 Å². The number of carbonyl (C=O) groups excluding carboxylic acids is 1. The zero-order valence-electron chi connectivity index (χ0n) is 16.8. The van der Waals surface area contributed by atoms with E-state index < -0.39 is 5.82 Å². The van der Waals surface area contributed by atoms with Crippen LogP contribution in [0.5, 0.6) is 0 Å². The molecule has 2 saturated heterocycles. The average molecular weight is 401 g/mol. The van der Waals surface area contributed by atoms with Gasteiger partial charge in [0, 0.05) is 12.5 Å². The van der Waals surface area contributed by atoms with Gasteiger partial charge in [0.1, 0.15) is 11.9 Å². The molecule has 0 aromatic heterocycles. The van der Waals surface area contributed by atoms with Crippen LogP contribution in [0.4, 0.5) is 4.39 Å². The van der Waals surface area contributed by atoms with E-state index in [0.717, 1.165) is 36.8 Å². The van der Waals surface area contributed by atoms with E-state index >= 15 is 0 Å². The van der Waals surface area contributed by atoms with Crippen LogP contribution in [0.1, 0.15) is 43.2 Å². The Morgan fingerprint density at radius 1 is 1.07 bits per heavy atom. The quantitative estimate of drug-likeness (QED) is 0.771. The third kappa shape index (κ3) is 4.27. The highest BCUT2D eigenvalue weighted by molar-refractivity contribution is 5.85. The highest BCUT2D eigenvalue weighted by Gasteiger charge is 2.39. The van der Waals surface area contributed by atoms with Gasteiger partial charge in [0.25, 0.3) is 0 Å². The first-order chi connectivity index (χ1) is 14.6. The minimum atomic E-state index is -0.535. The molecule has 2 heterocycles. The molecule has 2 aliphatic heterocycles. The van der Waals surface area contributed by atoms with Crippen molar-refractivity contribution in [1.82, 2.24) is 5.32 Å². The molecule has 4 nitrogen and oxygen atoms in total. The summed E-state index contributed by atoms with van der Waals surface area (Å²) in [6.45, 7) is 0. The minimum absolute atomic E-state index is 0.0255. The Morgan fingerprint density at radius 3 is 2.33 bits per heavy atom. The molecule has 3 aliphatic rings. The van der Waals surface area contributed by atoms with E-state index in [9.17, 15) is 14.4 Å². The van der Waals surface area contributed by atoms with E-state index in [1.165, 1.54) is 12.1 Å². The molecule has 152 valence electrons. The first-order valence-electron chi connectivity index (χ1n) is 10.5. The number of nitrogens with one attached hydrogen (secondary N) is 1. The van der Waals surface area contributed by atoms with Crippen LogP contribution in [0.2, 0.25) is 0 Å². The van der Waals surface area contributed by atoms with Crippen molar-refractivity contribution in [2.24, 2.45) is 11.8 Å². The molecular weight excluding hydrogens is 377 g/mol. The second-order valence-electron chi connectivity index (χ2n) is 8.46. The number of benzene rings is 2. The molecule has 1 saturated carbocycles. The van der Waals surface area contributed by atoms with Crippen LogP contribution in [0, 0.1) is 40.3 Å². The molecule has 2 aromatic rings. The van der Waals surface area contributed by atoms with Crippen molar-refractivity contribution >= 4 is 5.78 Å². The van der Waals surface area contributed by atoms with Crippen molar-refractivity contribution < 1.29 is 9.18 Å². The normalized spacial score (nSPS) is 23.4. The number of halogens is 1. The molecule has 0 spiro atoms. The van der Waals surface area contributed by atoms with Crippen molar-refractivity contribution in [3.63, 3.8) is 0 Å². The smallest absolute Gasteiger partial charge is 0.151 e. The van der Waals surface area contributed by atoms with Crippen LogP contribution < -0.4 is 5.32 Å². The van der Waals surface area contributed by atoms with Crippen LogP contribution >= 0.6 is 0 Å². The van der Waals surface area contributed by atoms with Crippen molar-refractivity contribution in [2.75, 3.05) is 0 Å². The van der Waals surface area contributed by atoms with Gasteiger partial charge in [0.05, 0.1) is 23.6 Å². The molecule has 30 heavy (non-hydrogen) atoms. The monoisotopic (exact) mass is 401 g/mol. The maximum absolute atomic E-state index is 13.9. The lowest BCUT2D eigenvalue weighted by Crippen LogP contribution is -2.56. The van der Waals surface area contributed by atoms with Gasteiger partial charge in [-0.2, -0.15) is 10.5 Å². The summed E-state index contributed by atoms with van der Waals surface area (Å²) >= 11 is 0. The van der Waals surface area contributed by atoms with Gasteiger partial charge in [0.15, 0.2) is 5.78 Å². The topological polar surface area (TPSA) is 76.7 Å². The third-order valence-corrected chi connectivity index (χ3v) is 6.49. The molecule has 0 radical (unpaired) electrons. The lowest BCUT2D eigenvalue weighted by molar-refractivity contribution is -0.125. The average Bonchev–Trinajstić information content (AvgIpc) is 2.79. The van der Waals surface area contributed by atoms with E-state index in [1.54, 1.807) is 6.07 Å². The second kappa shape index (κ2) is 8.78. The van der Waals surface area contributed by atoms with Crippen molar-refractivity contribution in [2.45, 2.75) is 50.6 Å². The predicted molar refractivity (Wildman–Crippen MR) is 112 cm³/mol. The fourth-order valence-electron chi connectivity index (χ4n) is 4.80. The van der Waals surface area contributed by atoms with E-state index in [2.05, 4.69) is 11.4 Å². The molecule has 3 fully saturated rings. The lowest BCUT2D eigenvalue weighted by atomic mass is 9.74. The van der Waals surface area contributed by atoms with Crippen LogP contribution in [0.25, 0.3) is 11.1 Å². The summed E-state index contributed by atoms with van der Waals surface area (Å²) in [7, 11) is 0. The molecule has 1 N–H and O–H groups in total. The molecule has 0 amide bonds. The molecule has 5 heteroatoms.